The smallest absolute Gasteiger partial charge is 0.273 e. The van der Waals surface area contributed by atoms with Gasteiger partial charge in [-0.1, -0.05) is 18.2 Å². The third-order valence-corrected chi connectivity index (χ3v) is 5.05. The van der Waals surface area contributed by atoms with Crippen LogP contribution >= 0.6 is 0 Å². The Morgan fingerprint density at radius 3 is 2.41 bits per heavy atom. The van der Waals surface area contributed by atoms with Gasteiger partial charge in [0, 0.05) is 43.1 Å². The first kappa shape index (κ1) is 17.1. The van der Waals surface area contributed by atoms with Gasteiger partial charge < -0.3 is 9.88 Å². The van der Waals surface area contributed by atoms with Crippen LogP contribution in [0.1, 0.15) is 21.6 Å². The molecule has 0 saturated carbocycles. The zero-order chi connectivity index (χ0) is 19.1. The fourth-order valence-corrected chi connectivity index (χ4v) is 3.53. The number of nitrogens with one attached hydrogen (secondary N) is 1. The summed E-state index contributed by atoms with van der Waals surface area (Å²) in [6.07, 6.45) is 3.77. The van der Waals surface area contributed by atoms with Gasteiger partial charge in [0.05, 0.1) is 0 Å². The number of rotatable bonds is 3. The Hall–Kier alpha value is -3.34. The van der Waals surface area contributed by atoms with Crippen molar-refractivity contribution in [1.29, 1.82) is 0 Å². The van der Waals surface area contributed by atoms with Crippen molar-refractivity contribution in [3.8, 4) is 11.1 Å². The average Bonchev–Trinajstić information content (AvgIpc) is 3.20. The Labute approximate surface area is 158 Å². The maximum absolute atomic E-state index is 12.4. The van der Waals surface area contributed by atoms with E-state index < -0.39 is 0 Å². The van der Waals surface area contributed by atoms with Crippen molar-refractivity contribution in [3.05, 3.63) is 71.7 Å². The zero-order valence-electron chi connectivity index (χ0n) is 15.9. The fraction of sp³-hybridized carbons (Fsp3) is 0.182. The lowest BCUT2D eigenvalue weighted by Crippen LogP contribution is -2.16. The van der Waals surface area contributed by atoms with E-state index in [0.717, 1.165) is 22.4 Å². The van der Waals surface area contributed by atoms with Crippen LogP contribution in [0.5, 0.6) is 0 Å². The standard InChI is InChI=1S/C22H22N4O/c1-14-11-16(17-5-7-18-15(2)13-25(3)21(18)12-17)6-8-19(14)24-22(27)20-9-10-23-26(20)4/h5-13H,1-4H3,(H,24,27). The number of carbonyl (C=O) groups is 1. The molecule has 0 atom stereocenters. The number of hydrogen-bond acceptors (Lipinski definition) is 2. The van der Waals surface area contributed by atoms with Crippen LogP contribution in [-0.4, -0.2) is 20.3 Å². The van der Waals surface area contributed by atoms with Crippen molar-refractivity contribution in [2.75, 3.05) is 5.32 Å². The molecule has 0 spiro atoms. The van der Waals surface area contributed by atoms with Crippen molar-refractivity contribution in [2.45, 2.75) is 13.8 Å². The van der Waals surface area contributed by atoms with Crippen molar-refractivity contribution >= 4 is 22.5 Å². The van der Waals surface area contributed by atoms with Gasteiger partial charge in [0.2, 0.25) is 0 Å². The van der Waals surface area contributed by atoms with Crippen LogP contribution in [0, 0.1) is 13.8 Å². The number of hydrogen-bond donors (Lipinski definition) is 1. The summed E-state index contributed by atoms with van der Waals surface area (Å²) >= 11 is 0. The Balaban J connectivity index is 1.65. The summed E-state index contributed by atoms with van der Waals surface area (Å²) in [6.45, 7) is 4.14. The molecule has 1 amide bonds. The Morgan fingerprint density at radius 2 is 1.70 bits per heavy atom. The average molecular weight is 358 g/mol. The van der Waals surface area contributed by atoms with Crippen LogP contribution in [0.2, 0.25) is 0 Å². The van der Waals surface area contributed by atoms with Gasteiger partial charge in [-0.15, -0.1) is 0 Å². The number of amides is 1. The van der Waals surface area contributed by atoms with Crippen LogP contribution < -0.4 is 5.32 Å². The third kappa shape index (κ3) is 3.01. The fourth-order valence-electron chi connectivity index (χ4n) is 3.53. The number of carbonyl (C=O) groups excluding carboxylic acids is 1. The summed E-state index contributed by atoms with van der Waals surface area (Å²) in [5.41, 5.74) is 7.15. The van der Waals surface area contributed by atoms with Crippen molar-refractivity contribution in [2.24, 2.45) is 14.1 Å². The molecule has 5 nitrogen and oxygen atoms in total. The molecule has 0 radical (unpaired) electrons. The SMILES string of the molecule is Cc1cc(-c2ccc3c(C)cn(C)c3c2)ccc1NC(=O)c1ccnn1C. The second-order valence-electron chi connectivity index (χ2n) is 6.98. The molecule has 0 aliphatic rings. The van der Waals surface area contributed by atoms with Crippen LogP contribution in [0.15, 0.2) is 54.9 Å². The lowest BCUT2D eigenvalue weighted by molar-refractivity contribution is 0.101. The van der Waals surface area contributed by atoms with E-state index in [4.69, 9.17) is 0 Å². The van der Waals surface area contributed by atoms with E-state index in [-0.39, 0.29) is 5.91 Å². The lowest BCUT2D eigenvalue weighted by Gasteiger charge is -2.11. The molecule has 2 aromatic carbocycles. The summed E-state index contributed by atoms with van der Waals surface area (Å²) in [6, 6.07) is 14.4. The molecule has 0 aliphatic heterocycles. The molecular weight excluding hydrogens is 336 g/mol. The summed E-state index contributed by atoms with van der Waals surface area (Å²) in [4.78, 5) is 12.4. The molecule has 5 heteroatoms. The number of nitrogens with zero attached hydrogens (tertiary/aromatic N) is 3. The Morgan fingerprint density at radius 1 is 0.963 bits per heavy atom. The molecule has 1 N–H and O–H groups in total. The van der Waals surface area contributed by atoms with Gasteiger partial charge in [-0.25, -0.2) is 0 Å². The first-order chi connectivity index (χ1) is 12.9. The molecule has 0 aliphatic carbocycles. The minimum Gasteiger partial charge on any atom is -0.350 e. The molecule has 2 aromatic heterocycles. The van der Waals surface area contributed by atoms with E-state index in [2.05, 4.69) is 59.4 Å². The Kier molecular flexibility index (Phi) is 4.07. The molecule has 2 heterocycles. The highest BCUT2D eigenvalue weighted by Crippen LogP contribution is 2.29. The van der Waals surface area contributed by atoms with Gasteiger partial charge in [-0.05, 0) is 60.4 Å². The van der Waals surface area contributed by atoms with E-state index in [1.165, 1.54) is 16.5 Å². The summed E-state index contributed by atoms with van der Waals surface area (Å²) in [7, 11) is 3.83. The van der Waals surface area contributed by atoms with Crippen LogP contribution in [-0.2, 0) is 14.1 Å². The maximum atomic E-state index is 12.4. The monoisotopic (exact) mass is 358 g/mol. The minimum atomic E-state index is -0.161. The molecule has 0 bridgehead atoms. The molecule has 27 heavy (non-hydrogen) atoms. The highest BCUT2D eigenvalue weighted by Gasteiger charge is 2.12. The zero-order valence-corrected chi connectivity index (χ0v) is 15.9. The van der Waals surface area contributed by atoms with E-state index in [9.17, 15) is 4.79 Å². The number of anilines is 1. The van der Waals surface area contributed by atoms with Crippen molar-refractivity contribution < 1.29 is 4.79 Å². The predicted molar refractivity (Wildman–Crippen MR) is 109 cm³/mol. The van der Waals surface area contributed by atoms with Gasteiger partial charge in [-0.3, -0.25) is 9.48 Å². The lowest BCUT2D eigenvalue weighted by atomic mass is 10.0. The van der Waals surface area contributed by atoms with Crippen LogP contribution in [0.3, 0.4) is 0 Å². The maximum Gasteiger partial charge on any atom is 0.273 e. The summed E-state index contributed by atoms with van der Waals surface area (Å²) < 4.78 is 3.72. The molecule has 4 aromatic rings. The van der Waals surface area contributed by atoms with Gasteiger partial charge in [0.1, 0.15) is 5.69 Å². The quantitative estimate of drug-likeness (QED) is 0.588. The van der Waals surface area contributed by atoms with Gasteiger partial charge >= 0.3 is 0 Å². The third-order valence-electron chi connectivity index (χ3n) is 5.05. The van der Waals surface area contributed by atoms with Gasteiger partial charge in [0.15, 0.2) is 0 Å². The van der Waals surface area contributed by atoms with Gasteiger partial charge in [-0.2, -0.15) is 5.10 Å². The summed E-state index contributed by atoms with van der Waals surface area (Å²) in [5.74, 6) is -0.161. The van der Waals surface area contributed by atoms with Crippen LogP contribution in [0.25, 0.3) is 22.0 Å². The van der Waals surface area contributed by atoms with E-state index >= 15 is 0 Å². The van der Waals surface area contributed by atoms with E-state index in [1.807, 2.05) is 19.1 Å². The van der Waals surface area contributed by atoms with E-state index in [0.29, 0.717) is 5.69 Å². The van der Waals surface area contributed by atoms with E-state index in [1.54, 1.807) is 24.0 Å². The Bertz CT molecular complexity index is 1170. The van der Waals surface area contributed by atoms with Gasteiger partial charge in [0.25, 0.3) is 5.91 Å². The summed E-state index contributed by atoms with van der Waals surface area (Å²) in [5, 5.41) is 8.29. The first-order valence-corrected chi connectivity index (χ1v) is 8.90. The number of aryl methyl sites for hydroxylation is 4. The molecule has 0 fully saturated rings. The minimum absolute atomic E-state index is 0.161. The number of fused-ring (bicyclic) bond motifs is 1. The first-order valence-electron chi connectivity index (χ1n) is 8.90. The molecular formula is C22H22N4O. The van der Waals surface area contributed by atoms with Crippen molar-refractivity contribution in [1.82, 2.24) is 14.3 Å². The predicted octanol–water partition coefficient (Wildman–Crippen LogP) is 4.45. The highest BCUT2D eigenvalue weighted by atomic mass is 16.2. The highest BCUT2D eigenvalue weighted by molar-refractivity contribution is 6.03. The number of benzene rings is 2. The topological polar surface area (TPSA) is 51.9 Å². The second-order valence-corrected chi connectivity index (χ2v) is 6.98. The largest absolute Gasteiger partial charge is 0.350 e. The molecule has 4 rings (SSSR count). The molecule has 136 valence electrons. The van der Waals surface area contributed by atoms with Crippen molar-refractivity contribution in [3.63, 3.8) is 0 Å². The normalized spacial score (nSPS) is 11.1. The molecule has 0 saturated heterocycles. The van der Waals surface area contributed by atoms with Crippen LogP contribution in [0.4, 0.5) is 5.69 Å². The second kappa shape index (κ2) is 6.43. The number of aromatic nitrogens is 3. The molecule has 0 unspecified atom stereocenters.